The maximum Gasteiger partial charge on any atom is 0.150 e. The number of sulfone groups is 1. The Morgan fingerprint density at radius 2 is 2.00 bits per heavy atom. The highest BCUT2D eigenvalue weighted by atomic mass is 32.2. The highest BCUT2D eigenvalue weighted by molar-refractivity contribution is 7.92. The fourth-order valence-corrected chi connectivity index (χ4v) is 2.89. The number of hydrogen-bond acceptors (Lipinski definition) is 3. The predicted octanol–water partition coefficient (Wildman–Crippen LogP) is -0.197. The molecule has 1 fully saturated rings. The van der Waals surface area contributed by atoms with Gasteiger partial charge >= 0.3 is 0 Å². The molecule has 4 heteroatoms. The first-order chi connectivity index (χ1) is 4.64. The zero-order valence-electron chi connectivity index (χ0n) is 5.78. The van der Waals surface area contributed by atoms with Crippen molar-refractivity contribution in [2.24, 2.45) is 5.92 Å². The summed E-state index contributed by atoms with van der Waals surface area (Å²) in [5.74, 6) is 1.01. The highest BCUT2D eigenvalue weighted by Crippen LogP contribution is 2.22. The summed E-state index contributed by atoms with van der Waals surface area (Å²) in [6.07, 6.45) is 1.59. The zero-order valence-corrected chi connectivity index (χ0v) is 6.60. The van der Waals surface area contributed by atoms with Crippen molar-refractivity contribution in [1.29, 1.82) is 0 Å². The SMILES string of the molecule is O=S1(=O)CC(CCCO)C1. The summed E-state index contributed by atoms with van der Waals surface area (Å²) in [6.45, 7) is 0.177. The van der Waals surface area contributed by atoms with E-state index < -0.39 is 9.84 Å². The van der Waals surface area contributed by atoms with Gasteiger partial charge in [0.2, 0.25) is 0 Å². The summed E-state index contributed by atoms with van der Waals surface area (Å²) in [5, 5.41) is 8.42. The van der Waals surface area contributed by atoms with Gasteiger partial charge in [0.05, 0.1) is 11.5 Å². The van der Waals surface area contributed by atoms with Crippen molar-refractivity contribution >= 4 is 9.84 Å². The first kappa shape index (κ1) is 8.01. The number of rotatable bonds is 3. The van der Waals surface area contributed by atoms with Gasteiger partial charge in [0.25, 0.3) is 0 Å². The molecule has 0 aromatic carbocycles. The minimum atomic E-state index is -2.64. The van der Waals surface area contributed by atoms with Crippen LogP contribution in [0.3, 0.4) is 0 Å². The molecule has 0 aliphatic carbocycles. The normalized spacial score (nSPS) is 24.1. The Balaban J connectivity index is 2.15. The average Bonchev–Trinajstić information content (AvgIpc) is 1.78. The molecule has 0 aromatic heterocycles. The van der Waals surface area contributed by atoms with E-state index in [1.807, 2.05) is 0 Å². The summed E-state index contributed by atoms with van der Waals surface area (Å²) in [5.41, 5.74) is 0. The van der Waals surface area contributed by atoms with Crippen molar-refractivity contribution in [3.05, 3.63) is 0 Å². The lowest BCUT2D eigenvalue weighted by Crippen LogP contribution is -2.36. The van der Waals surface area contributed by atoms with Gasteiger partial charge in [-0.15, -0.1) is 0 Å². The van der Waals surface area contributed by atoms with Crippen LogP contribution in [-0.4, -0.2) is 31.6 Å². The van der Waals surface area contributed by atoms with Gasteiger partial charge in [0, 0.05) is 6.61 Å². The van der Waals surface area contributed by atoms with Gasteiger partial charge in [-0.05, 0) is 18.8 Å². The van der Waals surface area contributed by atoms with Gasteiger partial charge in [0.1, 0.15) is 0 Å². The molecule has 0 amide bonds. The van der Waals surface area contributed by atoms with Crippen molar-refractivity contribution < 1.29 is 13.5 Å². The molecule has 1 heterocycles. The second-order valence-corrected chi connectivity index (χ2v) is 4.96. The molecule has 0 aromatic rings. The molecule has 1 aliphatic rings. The largest absolute Gasteiger partial charge is 0.396 e. The molecule has 0 radical (unpaired) electrons. The first-order valence-electron chi connectivity index (χ1n) is 3.45. The van der Waals surface area contributed by atoms with Gasteiger partial charge in [-0.3, -0.25) is 0 Å². The van der Waals surface area contributed by atoms with Crippen molar-refractivity contribution in [1.82, 2.24) is 0 Å². The van der Waals surface area contributed by atoms with Crippen LogP contribution < -0.4 is 0 Å². The van der Waals surface area contributed by atoms with Gasteiger partial charge in [-0.1, -0.05) is 0 Å². The Morgan fingerprint density at radius 3 is 2.40 bits per heavy atom. The fourth-order valence-electron chi connectivity index (χ4n) is 1.22. The maximum atomic E-state index is 10.6. The molecule has 0 unspecified atom stereocenters. The van der Waals surface area contributed by atoms with E-state index in [-0.39, 0.29) is 6.61 Å². The molecule has 60 valence electrons. The Labute approximate surface area is 61.0 Å². The minimum Gasteiger partial charge on any atom is -0.396 e. The number of aliphatic hydroxyl groups is 1. The van der Waals surface area contributed by atoms with Crippen molar-refractivity contribution in [2.75, 3.05) is 18.1 Å². The molecular formula is C6H12O3S. The van der Waals surface area contributed by atoms with E-state index in [0.29, 0.717) is 17.4 Å². The summed E-state index contributed by atoms with van der Waals surface area (Å²) >= 11 is 0. The molecule has 1 saturated heterocycles. The third-order valence-electron chi connectivity index (χ3n) is 1.75. The van der Waals surface area contributed by atoms with E-state index in [0.717, 1.165) is 12.8 Å². The lowest BCUT2D eigenvalue weighted by molar-refractivity contribution is 0.274. The molecule has 1 aliphatic heterocycles. The Kier molecular flexibility index (Phi) is 2.31. The molecule has 1 rings (SSSR count). The smallest absolute Gasteiger partial charge is 0.150 e. The van der Waals surface area contributed by atoms with Crippen LogP contribution in [0.15, 0.2) is 0 Å². The average molecular weight is 164 g/mol. The third kappa shape index (κ3) is 1.95. The van der Waals surface area contributed by atoms with Crippen LogP contribution in [0.1, 0.15) is 12.8 Å². The van der Waals surface area contributed by atoms with Gasteiger partial charge in [0.15, 0.2) is 9.84 Å². The molecule has 10 heavy (non-hydrogen) atoms. The maximum absolute atomic E-state index is 10.6. The van der Waals surface area contributed by atoms with Crippen LogP contribution in [-0.2, 0) is 9.84 Å². The van der Waals surface area contributed by atoms with E-state index in [2.05, 4.69) is 0 Å². The highest BCUT2D eigenvalue weighted by Gasteiger charge is 2.32. The van der Waals surface area contributed by atoms with Crippen molar-refractivity contribution in [2.45, 2.75) is 12.8 Å². The molecule has 1 N–H and O–H groups in total. The van der Waals surface area contributed by atoms with Gasteiger partial charge < -0.3 is 5.11 Å². The van der Waals surface area contributed by atoms with Crippen LogP contribution in [0, 0.1) is 5.92 Å². The molecule has 0 atom stereocenters. The van der Waals surface area contributed by atoms with Gasteiger partial charge in [-0.25, -0.2) is 8.42 Å². The summed E-state index contributed by atoms with van der Waals surface area (Å²) in [4.78, 5) is 0. The van der Waals surface area contributed by atoms with Crippen molar-refractivity contribution in [3.8, 4) is 0 Å². The molecule has 0 saturated carbocycles. The van der Waals surface area contributed by atoms with Gasteiger partial charge in [-0.2, -0.15) is 0 Å². The van der Waals surface area contributed by atoms with Crippen molar-refractivity contribution in [3.63, 3.8) is 0 Å². The van der Waals surface area contributed by atoms with E-state index in [1.54, 1.807) is 0 Å². The molecule has 3 nitrogen and oxygen atoms in total. The van der Waals surface area contributed by atoms with E-state index in [1.165, 1.54) is 0 Å². The van der Waals surface area contributed by atoms with Crippen LogP contribution in [0.2, 0.25) is 0 Å². The fraction of sp³-hybridized carbons (Fsp3) is 1.00. The zero-order chi connectivity index (χ0) is 7.61. The quantitative estimate of drug-likeness (QED) is 0.628. The molecule has 0 spiro atoms. The lowest BCUT2D eigenvalue weighted by Gasteiger charge is -2.24. The van der Waals surface area contributed by atoms with E-state index in [4.69, 9.17) is 5.11 Å². The summed E-state index contributed by atoms with van der Waals surface area (Å²) in [6, 6.07) is 0. The third-order valence-corrected chi connectivity index (χ3v) is 3.71. The van der Waals surface area contributed by atoms with Crippen LogP contribution in [0.5, 0.6) is 0 Å². The summed E-state index contributed by atoms with van der Waals surface area (Å²) < 4.78 is 21.2. The first-order valence-corrected chi connectivity index (χ1v) is 5.27. The Hall–Kier alpha value is -0.0900. The Bertz CT molecular complexity index is 183. The molecular weight excluding hydrogens is 152 g/mol. The number of hydrogen-bond donors (Lipinski definition) is 1. The van der Waals surface area contributed by atoms with Crippen LogP contribution in [0.4, 0.5) is 0 Å². The second-order valence-electron chi connectivity index (χ2n) is 2.81. The van der Waals surface area contributed by atoms with E-state index in [9.17, 15) is 8.42 Å². The minimum absolute atomic E-state index is 0.177. The molecule has 0 bridgehead atoms. The Morgan fingerprint density at radius 1 is 1.40 bits per heavy atom. The predicted molar refractivity (Wildman–Crippen MR) is 38.5 cm³/mol. The van der Waals surface area contributed by atoms with Crippen LogP contribution in [0.25, 0.3) is 0 Å². The number of aliphatic hydroxyl groups excluding tert-OH is 1. The van der Waals surface area contributed by atoms with E-state index >= 15 is 0 Å². The lowest BCUT2D eigenvalue weighted by atomic mass is 10.1. The second kappa shape index (κ2) is 2.88. The monoisotopic (exact) mass is 164 g/mol. The standard InChI is InChI=1S/C6H12O3S/c7-3-1-2-6-4-10(8,9)5-6/h6-7H,1-5H2. The topological polar surface area (TPSA) is 54.4 Å². The summed E-state index contributed by atoms with van der Waals surface area (Å²) in [7, 11) is -2.64. The van der Waals surface area contributed by atoms with Crippen LogP contribution >= 0.6 is 0 Å².